The quantitative estimate of drug-likeness (QED) is 0.126. The molecule has 55 heavy (non-hydrogen) atoms. The number of carbonyl (C=O) groups excluding carboxylic acids is 2. The Hall–Kier alpha value is -3.46. The molecule has 3 atom stereocenters. The number of amides is 1. The minimum atomic E-state index is -0.335. The van der Waals surface area contributed by atoms with E-state index in [1.165, 1.54) is 25.9 Å². The summed E-state index contributed by atoms with van der Waals surface area (Å²) in [6.45, 7) is 12.8. The van der Waals surface area contributed by atoms with Crippen LogP contribution in [0.5, 0.6) is 5.75 Å². The molecule has 1 aromatic carbocycles. The van der Waals surface area contributed by atoms with Crippen LogP contribution in [-0.2, 0) is 22.1 Å². The van der Waals surface area contributed by atoms with Gasteiger partial charge in [0.25, 0.3) is 0 Å². The molecule has 1 N–H and O–H groups in total. The maximum atomic E-state index is 13.6. The third-order valence-electron chi connectivity index (χ3n) is 13.5. The average molecular weight is 772 g/mol. The van der Waals surface area contributed by atoms with Crippen molar-refractivity contribution < 1.29 is 14.3 Å². The van der Waals surface area contributed by atoms with E-state index in [0.29, 0.717) is 42.8 Å². The molecule has 4 aliphatic heterocycles. The number of hydrogen-bond acceptors (Lipinski definition) is 11. The second kappa shape index (κ2) is 14.8. The molecule has 3 saturated heterocycles. The molecule has 2 aliphatic carbocycles. The number of anilines is 2. The fourth-order valence-electron chi connectivity index (χ4n) is 10.2. The topological polar surface area (TPSA) is 121 Å². The summed E-state index contributed by atoms with van der Waals surface area (Å²) in [5.74, 6) is 3.14. The van der Waals surface area contributed by atoms with E-state index in [0.717, 1.165) is 112 Å². The number of benzene rings is 1. The molecule has 0 radical (unpaired) electrons. The summed E-state index contributed by atoms with van der Waals surface area (Å²) in [5, 5.41) is 3.64. The minimum Gasteiger partial charge on any atom is -0.494 e. The second-order valence-corrected chi connectivity index (χ2v) is 18.8. The summed E-state index contributed by atoms with van der Waals surface area (Å²) < 4.78 is 14.6. The van der Waals surface area contributed by atoms with Crippen molar-refractivity contribution in [3.63, 3.8) is 0 Å². The first-order valence-electron chi connectivity index (χ1n) is 20.8. The highest BCUT2D eigenvalue weighted by Crippen LogP contribution is 2.58. The Bertz CT molecular complexity index is 1970. The van der Waals surface area contributed by atoms with Gasteiger partial charge in [0.05, 0.1) is 23.1 Å². The number of aldehydes is 1. The van der Waals surface area contributed by atoms with E-state index < -0.39 is 0 Å². The number of piperidine rings is 1. The first-order valence-corrected chi connectivity index (χ1v) is 21.6. The predicted octanol–water partition coefficient (Wildman–Crippen LogP) is 5.15. The van der Waals surface area contributed by atoms with Crippen LogP contribution >= 0.6 is 12.1 Å². The van der Waals surface area contributed by atoms with Gasteiger partial charge in [-0.05, 0) is 89.3 Å². The van der Waals surface area contributed by atoms with Crippen molar-refractivity contribution in [2.45, 2.75) is 108 Å². The molecule has 2 spiro atoms. The molecular formula is C41H57N9O4S. The summed E-state index contributed by atoms with van der Waals surface area (Å²) in [5.41, 5.74) is 2.86. The maximum Gasteiger partial charge on any atom is 0.329 e. The van der Waals surface area contributed by atoms with Crippen molar-refractivity contribution in [3.05, 3.63) is 40.4 Å². The number of carbonyl (C=O) groups is 2. The van der Waals surface area contributed by atoms with Gasteiger partial charge in [-0.2, -0.15) is 4.98 Å². The van der Waals surface area contributed by atoms with Gasteiger partial charge < -0.3 is 19.7 Å². The lowest BCUT2D eigenvalue weighted by atomic mass is 9.74. The molecule has 2 aromatic heterocycles. The Morgan fingerprint density at radius 3 is 2.56 bits per heavy atom. The molecule has 13 nitrogen and oxygen atoms in total. The monoisotopic (exact) mass is 771 g/mol. The van der Waals surface area contributed by atoms with Crippen molar-refractivity contribution in [1.29, 1.82) is 0 Å². The van der Waals surface area contributed by atoms with Crippen LogP contribution in [-0.4, -0.2) is 109 Å². The average Bonchev–Trinajstić information content (AvgIpc) is 3.73. The van der Waals surface area contributed by atoms with E-state index >= 15 is 0 Å². The molecule has 296 valence electrons. The number of imidazole rings is 1. The fourth-order valence-corrected chi connectivity index (χ4v) is 11.6. The van der Waals surface area contributed by atoms with Crippen LogP contribution in [0.25, 0.3) is 11.0 Å². The number of ether oxygens (including phenoxy) is 1. The number of hydrogen-bond donors (Lipinski definition) is 1. The van der Waals surface area contributed by atoms with Crippen molar-refractivity contribution in [1.82, 2.24) is 32.6 Å². The summed E-state index contributed by atoms with van der Waals surface area (Å²) in [6, 6.07) is 6.45. The number of aryl methyl sites for hydroxylation is 1. The van der Waals surface area contributed by atoms with E-state index in [1.807, 2.05) is 43.5 Å². The number of likely N-dealkylation sites (tertiary alicyclic amines) is 1. The van der Waals surface area contributed by atoms with Crippen molar-refractivity contribution in [2.24, 2.45) is 18.4 Å². The van der Waals surface area contributed by atoms with E-state index in [2.05, 4.69) is 30.7 Å². The third kappa shape index (κ3) is 6.88. The normalized spacial score (nSPS) is 25.4. The van der Waals surface area contributed by atoms with Crippen LogP contribution in [0.1, 0.15) is 96.1 Å². The lowest BCUT2D eigenvalue weighted by Crippen LogP contribution is -2.70. The highest BCUT2D eigenvalue weighted by atomic mass is 32.2. The van der Waals surface area contributed by atoms with E-state index in [1.54, 1.807) is 16.2 Å². The summed E-state index contributed by atoms with van der Waals surface area (Å²) in [4.78, 5) is 51.8. The number of rotatable bonds is 15. The number of fused-ring (bicyclic) bond motifs is 3. The number of nitrogens with zero attached hydrogens (tertiary/aromatic N) is 8. The lowest BCUT2D eigenvalue weighted by molar-refractivity contribution is -0.120. The van der Waals surface area contributed by atoms with Gasteiger partial charge in [0, 0.05) is 106 Å². The molecule has 3 aromatic rings. The summed E-state index contributed by atoms with van der Waals surface area (Å²) in [7, 11) is 1.79. The molecule has 6 aliphatic rings. The van der Waals surface area contributed by atoms with Gasteiger partial charge in [-0.3, -0.25) is 18.8 Å². The van der Waals surface area contributed by atoms with Crippen molar-refractivity contribution >= 4 is 47.1 Å². The van der Waals surface area contributed by atoms with Crippen molar-refractivity contribution in [3.8, 4) is 5.75 Å². The molecular weight excluding hydrogens is 715 g/mol. The second-order valence-electron chi connectivity index (χ2n) is 17.6. The molecule has 5 fully saturated rings. The highest BCUT2D eigenvalue weighted by Gasteiger charge is 2.62. The SMILES string of the molecule is CC1CCCC1N1C(=O)C2(CC2)c2cnc(NC3CCN(SN4CC5(CN(CCCCOc6ccc7c(c6)n(C)c(=O)n7C(C)CCC=O)C5)C4)CC3)nc21. The summed E-state index contributed by atoms with van der Waals surface area (Å²) in [6.07, 6.45) is 13.5. The zero-order chi connectivity index (χ0) is 37.9. The molecule has 3 unspecified atom stereocenters. The molecule has 2 saturated carbocycles. The van der Waals surface area contributed by atoms with Crippen LogP contribution < -0.4 is 20.6 Å². The number of aromatic nitrogens is 4. The van der Waals surface area contributed by atoms with Gasteiger partial charge >= 0.3 is 5.69 Å². The van der Waals surface area contributed by atoms with Crippen LogP contribution in [0, 0.1) is 11.3 Å². The van der Waals surface area contributed by atoms with Crippen LogP contribution in [0.15, 0.2) is 29.2 Å². The van der Waals surface area contributed by atoms with Gasteiger partial charge in [-0.15, -0.1) is 0 Å². The Kier molecular flexibility index (Phi) is 9.99. The maximum absolute atomic E-state index is 13.6. The number of unbranched alkanes of at least 4 members (excludes halogenated alkanes) is 1. The van der Waals surface area contributed by atoms with E-state index in [-0.39, 0.29) is 29.1 Å². The third-order valence-corrected chi connectivity index (χ3v) is 14.6. The van der Waals surface area contributed by atoms with Crippen LogP contribution in [0.4, 0.5) is 11.8 Å². The highest BCUT2D eigenvalue weighted by molar-refractivity contribution is 7.94. The largest absolute Gasteiger partial charge is 0.494 e. The molecule has 6 heterocycles. The Labute approximate surface area is 328 Å². The molecule has 9 rings (SSSR count). The standard InChI is InChI=1S/C41H57N9O4S/c1-28-8-6-10-33(28)50-36-32(41(15-16-41)37(50)52)23-42-38(44-36)43-30-13-18-47(19-14-30)55-48-26-40(27-48)24-46(25-40)17-4-5-21-54-31-11-12-34-35(22-31)45(3)39(53)49(34)29(2)9-7-20-51/h11-12,20,22-23,28-30,33H,4-10,13-19,21,24-27H2,1-3H3,(H,42,43,44). The van der Waals surface area contributed by atoms with Crippen molar-refractivity contribution in [2.75, 3.05) is 62.6 Å². The van der Waals surface area contributed by atoms with Gasteiger partial charge in [0.1, 0.15) is 17.9 Å². The van der Waals surface area contributed by atoms with Crippen LogP contribution in [0.2, 0.25) is 0 Å². The number of nitrogens with one attached hydrogen (secondary N) is 1. The molecule has 14 heteroatoms. The van der Waals surface area contributed by atoms with Gasteiger partial charge in [0.15, 0.2) is 0 Å². The Morgan fingerprint density at radius 1 is 1.04 bits per heavy atom. The fraction of sp³-hybridized carbons (Fsp3) is 0.683. The molecule has 0 bridgehead atoms. The first kappa shape index (κ1) is 37.1. The van der Waals surface area contributed by atoms with Crippen LogP contribution in [0.3, 0.4) is 0 Å². The van der Waals surface area contributed by atoms with E-state index in [9.17, 15) is 14.4 Å². The van der Waals surface area contributed by atoms with Gasteiger partial charge in [0.2, 0.25) is 11.9 Å². The summed E-state index contributed by atoms with van der Waals surface area (Å²) >= 11 is 1.93. The molecule has 1 amide bonds. The zero-order valence-corrected chi connectivity index (χ0v) is 33.6. The zero-order valence-electron chi connectivity index (χ0n) is 32.8. The van der Waals surface area contributed by atoms with E-state index in [4.69, 9.17) is 14.7 Å². The predicted molar refractivity (Wildman–Crippen MR) is 215 cm³/mol. The Balaban J connectivity index is 0.668. The Morgan fingerprint density at radius 2 is 1.84 bits per heavy atom. The van der Waals surface area contributed by atoms with Gasteiger partial charge in [-0.25, -0.2) is 18.4 Å². The first-order chi connectivity index (χ1) is 26.7. The van der Waals surface area contributed by atoms with Gasteiger partial charge in [-0.1, -0.05) is 13.3 Å². The lowest BCUT2D eigenvalue weighted by Gasteiger charge is -2.60. The smallest absolute Gasteiger partial charge is 0.329 e. The minimum absolute atomic E-state index is 0.0392.